The largest absolute Gasteiger partial charge is 0.478 e. The molecule has 0 aliphatic carbocycles. The van der Waals surface area contributed by atoms with E-state index in [9.17, 15) is 9.59 Å². The van der Waals surface area contributed by atoms with E-state index in [-0.39, 0.29) is 24.6 Å². The zero-order valence-electron chi connectivity index (χ0n) is 9.72. The summed E-state index contributed by atoms with van der Waals surface area (Å²) in [5, 5.41) is 20.6. The third kappa shape index (κ3) is 2.28. The van der Waals surface area contributed by atoms with Crippen LogP contribution in [-0.2, 0) is 4.79 Å². The Morgan fingerprint density at radius 2 is 2.22 bits per heavy atom. The van der Waals surface area contributed by atoms with E-state index in [0.29, 0.717) is 24.3 Å². The van der Waals surface area contributed by atoms with E-state index in [2.05, 4.69) is 5.32 Å². The highest BCUT2D eigenvalue weighted by Gasteiger charge is 2.24. The Morgan fingerprint density at radius 3 is 2.89 bits per heavy atom. The van der Waals surface area contributed by atoms with Crippen molar-refractivity contribution in [3.05, 3.63) is 23.8 Å². The van der Waals surface area contributed by atoms with Gasteiger partial charge in [0.15, 0.2) is 0 Å². The van der Waals surface area contributed by atoms with E-state index in [1.807, 2.05) is 0 Å². The van der Waals surface area contributed by atoms with Crippen molar-refractivity contribution in [1.82, 2.24) is 0 Å². The molecule has 0 bridgehead atoms. The van der Waals surface area contributed by atoms with E-state index in [0.717, 1.165) is 0 Å². The minimum absolute atomic E-state index is 0.0136. The zero-order valence-corrected chi connectivity index (χ0v) is 9.72. The smallest absolute Gasteiger partial charge is 0.335 e. The van der Waals surface area contributed by atoms with Gasteiger partial charge in [0.1, 0.15) is 0 Å². The topological polar surface area (TPSA) is 89.9 Å². The Hall–Kier alpha value is -2.08. The molecule has 0 spiro atoms. The maximum Gasteiger partial charge on any atom is 0.335 e. The summed E-state index contributed by atoms with van der Waals surface area (Å²) in [5.74, 6) is -1.09. The number of rotatable bonds is 4. The Kier molecular flexibility index (Phi) is 3.47. The number of amides is 1. The van der Waals surface area contributed by atoms with Crippen LogP contribution in [0.2, 0.25) is 0 Å². The first-order valence-corrected chi connectivity index (χ1v) is 5.66. The van der Waals surface area contributed by atoms with E-state index in [4.69, 9.17) is 10.2 Å². The van der Waals surface area contributed by atoms with E-state index >= 15 is 0 Å². The van der Waals surface area contributed by atoms with Crippen molar-refractivity contribution in [2.24, 2.45) is 0 Å². The normalized spacial score (nSPS) is 14.1. The summed E-state index contributed by atoms with van der Waals surface area (Å²) in [7, 11) is 0. The van der Waals surface area contributed by atoms with E-state index in [1.165, 1.54) is 12.1 Å². The van der Waals surface area contributed by atoms with Gasteiger partial charge in [-0.15, -0.1) is 0 Å². The number of fused-ring (bicyclic) bond motifs is 1. The molecule has 18 heavy (non-hydrogen) atoms. The molecule has 0 unspecified atom stereocenters. The molecule has 0 saturated heterocycles. The standard InChI is InChI=1S/C12H14N2O4/c15-5-1-4-14-10-3-2-8(12(17)18)6-9(10)13-7-11(14)16/h2-3,6,13,15H,1,4-5,7H2,(H,17,18). The summed E-state index contributed by atoms with van der Waals surface area (Å²) < 4.78 is 0. The number of hydrogen-bond donors (Lipinski definition) is 3. The van der Waals surface area contributed by atoms with Crippen molar-refractivity contribution >= 4 is 23.3 Å². The van der Waals surface area contributed by atoms with E-state index in [1.54, 1.807) is 11.0 Å². The molecule has 1 aromatic carbocycles. The lowest BCUT2D eigenvalue weighted by atomic mass is 10.1. The SMILES string of the molecule is O=C(O)c1ccc2c(c1)NCC(=O)N2CCCO. The second-order valence-electron chi connectivity index (χ2n) is 4.01. The number of hydrogen-bond acceptors (Lipinski definition) is 4. The van der Waals surface area contributed by atoms with Crippen molar-refractivity contribution in [3.63, 3.8) is 0 Å². The van der Waals surface area contributed by atoms with Crippen LogP contribution in [0.25, 0.3) is 0 Å². The van der Waals surface area contributed by atoms with Crippen molar-refractivity contribution in [2.45, 2.75) is 6.42 Å². The Balaban J connectivity index is 2.32. The van der Waals surface area contributed by atoms with Crippen LogP contribution in [0, 0.1) is 0 Å². The first-order valence-electron chi connectivity index (χ1n) is 5.66. The third-order valence-electron chi connectivity index (χ3n) is 2.81. The third-order valence-corrected chi connectivity index (χ3v) is 2.81. The second kappa shape index (κ2) is 5.05. The molecule has 3 N–H and O–H groups in total. The summed E-state index contributed by atoms with van der Waals surface area (Å²) >= 11 is 0. The molecule has 0 atom stereocenters. The van der Waals surface area contributed by atoms with Gasteiger partial charge in [-0.2, -0.15) is 0 Å². The first kappa shape index (κ1) is 12.4. The molecular formula is C12H14N2O4. The molecule has 1 aliphatic heterocycles. The van der Waals surface area contributed by atoms with Gasteiger partial charge in [0.25, 0.3) is 0 Å². The van der Waals surface area contributed by atoms with Crippen LogP contribution in [0.3, 0.4) is 0 Å². The molecule has 1 heterocycles. The van der Waals surface area contributed by atoms with Crippen LogP contribution in [0.1, 0.15) is 16.8 Å². The molecule has 1 aromatic rings. The summed E-state index contributed by atoms with van der Waals surface area (Å²) in [6.45, 7) is 0.581. The van der Waals surface area contributed by atoms with Crippen LogP contribution < -0.4 is 10.2 Å². The van der Waals surface area contributed by atoms with Crippen LogP contribution in [-0.4, -0.2) is 41.8 Å². The quantitative estimate of drug-likeness (QED) is 0.725. The fourth-order valence-corrected chi connectivity index (χ4v) is 1.92. The highest BCUT2D eigenvalue weighted by Crippen LogP contribution is 2.30. The van der Waals surface area contributed by atoms with Gasteiger partial charge in [-0.25, -0.2) is 4.79 Å². The van der Waals surface area contributed by atoms with Crippen LogP contribution in [0.15, 0.2) is 18.2 Å². The van der Waals surface area contributed by atoms with Gasteiger partial charge in [0.05, 0.1) is 23.5 Å². The number of nitrogens with zero attached hydrogens (tertiary/aromatic N) is 1. The number of carboxylic acids is 1. The molecule has 6 heteroatoms. The molecule has 0 radical (unpaired) electrons. The average molecular weight is 250 g/mol. The van der Waals surface area contributed by atoms with Gasteiger partial charge in [0.2, 0.25) is 5.91 Å². The van der Waals surface area contributed by atoms with Gasteiger partial charge < -0.3 is 20.4 Å². The molecule has 0 fully saturated rings. The lowest BCUT2D eigenvalue weighted by Crippen LogP contribution is -2.40. The maximum atomic E-state index is 11.7. The number of carbonyl (C=O) groups excluding carboxylic acids is 1. The number of nitrogens with one attached hydrogen (secondary N) is 1. The van der Waals surface area contributed by atoms with Gasteiger partial charge in [-0.1, -0.05) is 0 Å². The predicted molar refractivity (Wildman–Crippen MR) is 65.9 cm³/mol. The van der Waals surface area contributed by atoms with Crippen molar-refractivity contribution in [3.8, 4) is 0 Å². The van der Waals surface area contributed by atoms with Crippen molar-refractivity contribution in [1.29, 1.82) is 0 Å². The lowest BCUT2D eigenvalue weighted by Gasteiger charge is -2.30. The number of anilines is 2. The Bertz CT molecular complexity index is 487. The average Bonchev–Trinajstić information content (AvgIpc) is 2.37. The van der Waals surface area contributed by atoms with Gasteiger partial charge in [-0.3, -0.25) is 4.79 Å². The summed E-state index contributed by atoms with van der Waals surface area (Å²) in [5.41, 5.74) is 1.47. The molecule has 0 saturated carbocycles. The lowest BCUT2D eigenvalue weighted by molar-refractivity contribution is -0.117. The molecule has 96 valence electrons. The number of aliphatic hydroxyl groups is 1. The van der Waals surface area contributed by atoms with Crippen molar-refractivity contribution < 1.29 is 19.8 Å². The first-order chi connectivity index (χ1) is 8.63. The van der Waals surface area contributed by atoms with Crippen LogP contribution >= 0.6 is 0 Å². The minimum Gasteiger partial charge on any atom is -0.478 e. The monoisotopic (exact) mass is 250 g/mol. The predicted octanol–water partition coefficient (Wildman–Crippen LogP) is 0.526. The molecule has 0 aromatic heterocycles. The van der Waals surface area contributed by atoms with Crippen molar-refractivity contribution in [2.75, 3.05) is 29.9 Å². The van der Waals surface area contributed by atoms with Gasteiger partial charge in [-0.05, 0) is 24.6 Å². The number of aliphatic hydroxyl groups excluding tert-OH is 1. The highest BCUT2D eigenvalue weighted by atomic mass is 16.4. The summed E-state index contributed by atoms with van der Waals surface area (Å²) in [6.07, 6.45) is 0.492. The molecule has 2 rings (SSSR count). The number of carbonyl (C=O) groups is 2. The zero-order chi connectivity index (χ0) is 13.1. The fraction of sp³-hybridized carbons (Fsp3) is 0.333. The second-order valence-corrected chi connectivity index (χ2v) is 4.01. The highest BCUT2D eigenvalue weighted by molar-refractivity contribution is 6.03. The van der Waals surface area contributed by atoms with Crippen LogP contribution in [0.5, 0.6) is 0 Å². The molecule has 1 aliphatic rings. The fourth-order valence-electron chi connectivity index (χ4n) is 1.92. The van der Waals surface area contributed by atoms with Gasteiger partial charge >= 0.3 is 5.97 Å². The molecular weight excluding hydrogens is 236 g/mol. The van der Waals surface area contributed by atoms with E-state index < -0.39 is 5.97 Å². The molecule has 6 nitrogen and oxygen atoms in total. The number of aromatic carboxylic acids is 1. The van der Waals surface area contributed by atoms with Crippen LogP contribution in [0.4, 0.5) is 11.4 Å². The van der Waals surface area contributed by atoms with Gasteiger partial charge in [0, 0.05) is 13.2 Å². The molecule has 1 amide bonds. The summed E-state index contributed by atoms with van der Waals surface area (Å²) in [4.78, 5) is 24.2. The Labute approximate surface area is 104 Å². The number of carboxylic acid groups (broad SMARTS) is 1. The maximum absolute atomic E-state index is 11.7. The number of benzene rings is 1. The minimum atomic E-state index is -1.00. The summed E-state index contributed by atoms with van der Waals surface area (Å²) in [6, 6.07) is 4.59. The Morgan fingerprint density at radius 1 is 1.44 bits per heavy atom.